The number of esters is 2. The fourth-order valence-electron chi connectivity index (χ4n) is 6.10. The third-order valence-corrected chi connectivity index (χ3v) is 7.94. The molecule has 0 aliphatic heterocycles. The summed E-state index contributed by atoms with van der Waals surface area (Å²) in [4.78, 5) is 32.4. The first-order valence-corrected chi connectivity index (χ1v) is 13.4. The Kier molecular flexibility index (Phi) is 7.00. The van der Waals surface area contributed by atoms with Crippen LogP contribution in [0.5, 0.6) is 11.8 Å². The highest BCUT2D eigenvalue weighted by Gasteiger charge is 2.65. The van der Waals surface area contributed by atoms with Crippen LogP contribution >= 0.6 is 0 Å². The average molecular weight is 540 g/mol. The lowest BCUT2D eigenvalue weighted by atomic mass is 9.81. The van der Waals surface area contributed by atoms with Gasteiger partial charge in [0, 0.05) is 11.1 Å². The zero-order valence-corrected chi connectivity index (χ0v) is 23.7. The van der Waals surface area contributed by atoms with Gasteiger partial charge < -0.3 is 18.9 Å². The third kappa shape index (κ3) is 3.75. The summed E-state index contributed by atoms with van der Waals surface area (Å²) < 4.78 is 22.8. The molecule has 0 amide bonds. The van der Waals surface area contributed by atoms with Gasteiger partial charge in [0.25, 0.3) is 0 Å². The minimum atomic E-state index is -1.22. The molecule has 2 aromatic carbocycles. The lowest BCUT2D eigenvalue weighted by molar-refractivity contribution is -0.146. The van der Waals surface area contributed by atoms with E-state index >= 15 is 0 Å². The summed E-state index contributed by atoms with van der Waals surface area (Å²) in [5, 5.41) is 0. The number of carbonyl (C=O) groups excluding carboxylic acids is 2. The quantitative estimate of drug-likeness (QED) is 0.307. The summed E-state index contributed by atoms with van der Waals surface area (Å²) in [5.41, 5.74) is 3.69. The van der Waals surface area contributed by atoms with Crippen LogP contribution in [0, 0.1) is 0 Å². The Hall–Kier alpha value is -4.39. The summed E-state index contributed by atoms with van der Waals surface area (Å²) in [6, 6.07) is 21.2. The first-order valence-electron chi connectivity index (χ1n) is 13.4. The molecular weight excluding hydrogens is 506 g/mol. The van der Waals surface area contributed by atoms with Gasteiger partial charge in [-0.2, -0.15) is 4.98 Å². The fourth-order valence-corrected chi connectivity index (χ4v) is 6.10. The molecule has 0 radical (unpaired) electrons. The predicted molar refractivity (Wildman–Crippen MR) is 152 cm³/mol. The summed E-state index contributed by atoms with van der Waals surface area (Å²) >= 11 is 0. The second-order valence-corrected chi connectivity index (χ2v) is 9.78. The largest absolute Gasteiger partial charge is 0.481 e. The van der Waals surface area contributed by atoms with Crippen LogP contribution in [0.15, 0.2) is 77.9 Å². The minimum absolute atomic E-state index is 0.209. The molecule has 0 spiro atoms. The Balaban J connectivity index is 1.76. The number of benzene rings is 2. The molecule has 2 aliphatic carbocycles. The number of hydrogen-bond donors (Lipinski definition) is 0. The van der Waals surface area contributed by atoms with Crippen molar-refractivity contribution >= 4 is 23.1 Å². The second-order valence-electron chi connectivity index (χ2n) is 9.78. The molecule has 3 aromatic rings. The Morgan fingerprint density at radius 3 is 1.38 bits per heavy atom. The van der Waals surface area contributed by atoms with E-state index in [1.807, 2.05) is 80.6 Å². The van der Waals surface area contributed by atoms with Gasteiger partial charge in [-0.15, -0.1) is 0 Å². The lowest BCUT2D eigenvalue weighted by Gasteiger charge is -2.26. The van der Waals surface area contributed by atoms with Crippen molar-refractivity contribution in [2.75, 3.05) is 27.4 Å². The number of nitrogens with zero attached hydrogens (tertiary/aromatic N) is 1. The number of pyridine rings is 1. The van der Waals surface area contributed by atoms with Crippen molar-refractivity contribution in [2.45, 2.75) is 38.5 Å². The van der Waals surface area contributed by atoms with Gasteiger partial charge >= 0.3 is 11.9 Å². The van der Waals surface area contributed by atoms with Gasteiger partial charge in [0.05, 0.1) is 27.4 Å². The lowest BCUT2D eigenvalue weighted by Crippen LogP contribution is -2.32. The summed E-state index contributed by atoms with van der Waals surface area (Å²) in [6.07, 6.45) is 0. The summed E-state index contributed by atoms with van der Waals surface area (Å²) in [5.74, 6) is -0.400. The van der Waals surface area contributed by atoms with Gasteiger partial charge in [-0.05, 0) is 67.2 Å². The standard InChI is InChI=1S/C33H33NO6/c1-7-39-30(35)32(20(3)26(32)22-15-11-9-12-16-22)24-19-25(29(38-6)34-28(24)37-5)33(31(36)40-8-2)21(4)27(33)23-17-13-10-14-18-23/h9-19H,7-8H2,1-6H3. The van der Waals surface area contributed by atoms with Crippen LogP contribution in [-0.2, 0) is 29.9 Å². The molecule has 1 aromatic heterocycles. The number of hydrogen-bond acceptors (Lipinski definition) is 7. The molecule has 7 nitrogen and oxygen atoms in total. The highest BCUT2D eigenvalue weighted by Crippen LogP contribution is 2.66. The number of aromatic nitrogens is 1. The Labute approximate surface area is 234 Å². The van der Waals surface area contributed by atoms with Crippen LogP contribution in [0.25, 0.3) is 11.1 Å². The second kappa shape index (κ2) is 10.3. The molecule has 5 rings (SSSR count). The molecule has 0 bridgehead atoms. The third-order valence-electron chi connectivity index (χ3n) is 7.94. The molecule has 40 heavy (non-hydrogen) atoms. The van der Waals surface area contributed by atoms with Crippen LogP contribution in [0.2, 0.25) is 0 Å². The molecule has 206 valence electrons. The van der Waals surface area contributed by atoms with Crippen molar-refractivity contribution < 1.29 is 28.5 Å². The average Bonchev–Trinajstić information content (AvgIpc) is 3.82. The highest BCUT2D eigenvalue weighted by molar-refractivity contribution is 6.17. The predicted octanol–water partition coefficient (Wildman–Crippen LogP) is 5.68. The molecule has 0 N–H and O–H groups in total. The van der Waals surface area contributed by atoms with Gasteiger partial charge in [0.1, 0.15) is 10.8 Å². The van der Waals surface area contributed by atoms with Crippen molar-refractivity contribution in [1.82, 2.24) is 4.98 Å². The van der Waals surface area contributed by atoms with Gasteiger partial charge in [-0.25, -0.2) is 0 Å². The number of ether oxygens (including phenoxy) is 4. The molecular formula is C33H33NO6. The fraction of sp³-hybridized carbons (Fsp3) is 0.303. The van der Waals surface area contributed by atoms with E-state index in [-0.39, 0.29) is 25.0 Å². The molecule has 7 heteroatoms. The molecule has 2 unspecified atom stereocenters. The molecule has 2 atom stereocenters. The van der Waals surface area contributed by atoms with Crippen LogP contribution in [0.4, 0.5) is 0 Å². The monoisotopic (exact) mass is 539 g/mol. The molecule has 0 fully saturated rings. The van der Waals surface area contributed by atoms with Crippen molar-refractivity contribution in [3.8, 4) is 11.8 Å². The van der Waals surface area contributed by atoms with Crippen molar-refractivity contribution in [2.24, 2.45) is 0 Å². The van der Waals surface area contributed by atoms with E-state index in [1.54, 1.807) is 13.8 Å². The maximum Gasteiger partial charge on any atom is 0.325 e. The molecule has 1 heterocycles. The van der Waals surface area contributed by atoms with E-state index in [4.69, 9.17) is 23.9 Å². The minimum Gasteiger partial charge on any atom is -0.481 e. The van der Waals surface area contributed by atoms with E-state index in [9.17, 15) is 9.59 Å². The van der Waals surface area contributed by atoms with Crippen molar-refractivity contribution in [3.05, 3.63) is 100 Å². The van der Waals surface area contributed by atoms with E-state index in [0.29, 0.717) is 11.1 Å². The number of methoxy groups -OCH3 is 2. The van der Waals surface area contributed by atoms with E-state index in [2.05, 4.69) is 0 Å². The first kappa shape index (κ1) is 27.2. The zero-order valence-electron chi connectivity index (χ0n) is 23.7. The zero-order chi connectivity index (χ0) is 28.7. The van der Waals surface area contributed by atoms with Crippen LogP contribution in [-0.4, -0.2) is 44.4 Å². The molecule has 0 saturated heterocycles. The van der Waals surface area contributed by atoms with Gasteiger partial charge in [0.15, 0.2) is 0 Å². The Morgan fingerprint density at radius 2 is 1.05 bits per heavy atom. The summed E-state index contributed by atoms with van der Waals surface area (Å²) in [7, 11) is 3.00. The smallest absolute Gasteiger partial charge is 0.325 e. The Bertz CT molecular complexity index is 1430. The summed E-state index contributed by atoms with van der Waals surface area (Å²) in [6.45, 7) is 7.81. The molecule has 2 aliphatic rings. The van der Waals surface area contributed by atoms with Crippen LogP contribution < -0.4 is 9.47 Å². The normalized spacial score (nSPS) is 21.1. The van der Waals surface area contributed by atoms with E-state index in [1.165, 1.54) is 14.2 Å². The first-order chi connectivity index (χ1) is 19.3. The van der Waals surface area contributed by atoms with Crippen molar-refractivity contribution in [3.63, 3.8) is 0 Å². The SMILES string of the molecule is CCOC(=O)C1(c2cc(C3(C(=O)OCC)C(C)=C3c3ccccc3)c(OC)nc2OC)C(C)=C1c1ccccc1. The van der Waals surface area contributed by atoms with E-state index in [0.717, 1.165) is 33.4 Å². The van der Waals surface area contributed by atoms with Gasteiger partial charge in [-0.3, -0.25) is 9.59 Å². The van der Waals surface area contributed by atoms with Crippen molar-refractivity contribution in [1.29, 1.82) is 0 Å². The highest BCUT2D eigenvalue weighted by atomic mass is 16.5. The maximum atomic E-state index is 13.8. The maximum absolute atomic E-state index is 13.8. The number of carbonyl (C=O) groups is 2. The number of rotatable bonds is 10. The van der Waals surface area contributed by atoms with Crippen LogP contribution in [0.3, 0.4) is 0 Å². The Morgan fingerprint density at radius 1 is 0.675 bits per heavy atom. The van der Waals surface area contributed by atoms with Gasteiger partial charge in [-0.1, -0.05) is 60.7 Å². The topological polar surface area (TPSA) is 84.0 Å². The molecule has 0 saturated carbocycles. The van der Waals surface area contributed by atoms with E-state index < -0.39 is 22.8 Å². The van der Waals surface area contributed by atoms with Crippen LogP contribution in [0.1, 0.15) is 49.9 Å². The van der Waals surface area contributed by atoms with Gasteiger partial charge in [0.2, 0.25) is 11.8 Å².